The lowest BCUT2D eigenvalue weighted by molar-refractivity contribution is -0.117. The van der Waals surface area contributed by atoms with Gasteiger partial charge in [0.15, 0.2) is 0 Å². The maximum atomic E-state index is 11.2. The van der Waals surface area contributed by atoms with Crippen molar-refractivity contribution in [3.8, 4) is 11.4 Å². The summed E-state index contributed by atoms with van der Waals surface area (Å²) in [6.45, 7) is 1.87. The highest BCUT2D eigenvalue weighted by atomic mass is 32.2. The van der Waals surface area contributed by atoms with Crippen LogP contribution in [0, 0.1) is 0 Å². The number of primary amides is 1. The smallest absolute Gasteiger partial charge is 0.231 e. The molecule has 0 radical (unpaired) electrons. The molecule has 0 bridgehead atoms. The van der Waals surface area contributed by atoms with E-state index in [9.17, 15) is 9.90 Å². The van der Waals surface area contributed by atoms with Gasteiger partial charge in [0.2, 0.25) is 11.1 Å². The van der Waals surface area contributed by atoms with Crippen LogP contribution in [-0.4, -0.2) is 36.5 Å². The third-order valence-electron chi connectivity index (χ3n) is 2.47. The average Bonchev–Trinajstić information content (AvgIpc) is 2.84. The van der Waals surface area contributed by atoms with E-state index < -0.39 is 5.91 Å². The first-order valence-corrected chi connectivity index (χ1v) is 6.53. The predicted molar refractivity (Wildman–Crippen MR) is 69.9 cm³/mol. The van der Waals surface area contributed by atoms with E-state index in [-0.39, 0.29) is 11.0 Å². The number of phenols is 1. The summed E-state index contributed by atoms with van der Waals surface area (Å²) in [6.07, 6.45) is 0.600. The monoisotopic (exact) mass is 279 g/mol. The largest absolute Gasteiger partial charge is 0.508 e. The van der Waals surface area contributed by atoms with Gasteiger partial charge in [-0.1, -0.05) is 18.7 Å². The Morgan fingerprint density at radius 1 is 1.47 bits per heavy atom. The van der Waals surface area contributed by atoms with Crippen LogP contribution in [-0.2, 0) is 4.79 Å². The third kappa shape index (κ3) is 3.02. The van der Waals surface area contributed by atoms with E-state index in [4.69, 9.17) is 5.73 Å². The van der Waals surface area contributed by atoms with Crippen molar-refractivity contribution in [1.82, 2.24) is 20.2 Å². The summed E-state index contributed by atoms with van der Waals surface area (Å²) >= 11 is 1.22. The first-order valence-electron chi connectivity index (χ1n) is 5.65. The molecule has 0 aliphatic heterocycles. The number of nitrogens with zero attached hydrogens (tertiary/aromatic N) is 4. The molecule has 3 N–H and O–H groups in total. The van der Waals surface area contributed by atoms with E-state index in [1.54, 1.807) is 12.1 Å². The molecule has 0 aliphatic carbocycles. The fourth-order valence-electron chi connectivity index (χ4n) is 1.48. The number of carbonyl (C=O) groups is 1. The number of phenolic OH excluding ortho intramolecular Hbond substituents is 1. The Morgan fingerprint density at radius 3 is 2.74 bits per heavy atom. The van der Waals surface area contributed by atoms with E-state index in [0.29, 0.717) is 17.3 Å². The summed E-state index contributed by atoms with van der Waals surface area (Å²) in [5.74, 6) is -0.234. The minimum absolute atomic E-state index is 0.162. The zero-order chi connectivity index (χ0) is 13.8. The molecule has 0 spiro atoms. The van der Waals surface area contributed by atoms with Crippen LogP contribution in [0.25, 0.3) is 5.69 Å². The van der Waals surface area contributed by atoms with Crippen LogP contribution < -0.4 is 5.73 Å². The molecule has 1 amide bonds. The van der Waals surface area contributed by atoms with Crippen molar-refractivity contribution in [2.75, 3.05) is 0 Å². The molecule has 0 aliphatic rings. The first-order chi connectivity index (χ1) is 9.11. The van der Waals surface area contributed by atoms with Gasteiger partial charge >= 0.3 is 0 Å². The molecule has 8 heteroatoms. The van der Waals surface area contributed by atoms with E-state index in [2.05, 4.69) is 15.5 Å². The Balaban J connectivity index is 2.27. The van der Waals surface area contributed by atoms with Crippen molar-refractivity contribution >= 4 is 17.7 Å². The number of aromatic hydroxyl groups is 1. The van der Waals surface area contributed by atoms with Crippen LogP contribution >= 0.6 is 11.8 Å². The second kappa shape index (κ2) is 5.70. The minimum atomic E-state index is -0.396. The van der Waals surface area contributed by atoms with Gasteiger partial charge in [-0.05, 0) is 41.1 Å². The van der Waals surface area contributed by atoms with Crippen LogP contribution in [0.15, 0.2) is 29.4 Å². The fraction of sp³-hybridized carbons (Fsp3) is 0.273. The molecule has 1 aromatic carbocycles. The number of hydrogen-bond acceptors (Lipinski definition) is 6. The van der Waals surface area contributed by atoms with Crippen LogP contribution in [0.5, 0.6) is 5.75 Å². The molecule has 1 aromatic heterocycles. The molecule has 100 valence electrons. The maximum absolute atomic E-state index is 11.2. The van der Waals surface area contributed by atoms with Gasteiger partial charge in [0, 0.05) is 0 Å². The van der Waals surface area contributed by atoms with Crippen LogP contribution in [0.3, 0.4) is 0 Å². The van der Waals surface area contributed by atoms with Crippen LogP contribution in [0.1, 0.15) is 13.3 Å². The molecule has 19 heavy (non-hydrogen) atoms. The molecule has 2 aromatic rings. The van der Waals surface area contributed by atoms with E-state index >= 15 is 0 Å². The SMILES string of the molecule is CCC(Sc1nnnn1-c1ccc(O)cc1)C(N)=O. The van der Waals surface area contributed by atoms with Crippen molar-refractivity contribution in [2.45, 2.75) is 23.8 Å². The van der Waals surface area contributed by atoms with Gasteiger partial charge in [0.1, 0.15) is 5.75 Å². The van der Waals surface area contributed by atoms with Gasteiger partial charge in [-0.3, -0.25) is 4.79 Å². The van der Waals surface area contributed by atoms with E-state index in [1.165, 1.54) is 28.6 Å². The molecule has 1 heterocycles. The molecule has 0 saturated heterocycles. The quantitative estimate of drug-likeness (QED) is 0.781. The lowest BCUT2D eigenvalue weighted by Gasteiger charge is -2.09. The standard InChI is InChI=1S/C11H13N5O2S/c1-2-9(10(12)18)19-11-13-14-15-16(11)7-3-5-8(17)6-4-7/h3-6,9,17H,2H2,1H3,(H2,12,18). The summed E-state index contributed by atoms with van der Waals surface area (Å²) in [5.41, 5.74) is 6.00. The molecule has 2 rings (SSSR count). The summed E-state index contributed by atoms with van der Waals surface area (Å²) in [7, 11) is 0. The number of hydrogen-bond donors (Lipinski definition) is 2. The summed E-state index contributed by atoms with van der Waals surface area (Å²) < 4.78 is 1.50. The number of tetrazole rings is 1. The predicted octanol–water partition coefficient (Wildman–Crippen LogP) is 0.724. The number of carbonyl (C=O) groups excluding carboxylic acids is 1. The van der Waals surface area contributed by atoms with Crippen molar-refractivity contribution in [3.05, 3.63) is 24.3 Å². The lowest BCUT2D eigenvalue weighted by atomic mass is 10.3. The maximum Gasteiger partial charge on any atom is 0.231 e. The van der Waals surface area contributed by atoms with Gasteiger partial charge in [-0.15, -0.1) is 5.10 Å². The Kier molecular flexibility index (Phi) is 4.00. The second-order valence-electron chi connectivity index (χ2n) is 3.81. The Bertz CT molecular complexity index is 569. The molecule has 0 saturated carbocycles. The summed E-state index contributed by atoms with van der Waals surface area (Å²) in [4.78, 5) is 11.2. The zero-order valence-electron chi connectivity index (χ0n) is 10.2. The Labute approximate surface area is 113 Å². The number of rotatable bonds is 5. The highest BCUT2D eigenvalue weighted by Crippen LogP contribution is 2.25. The van der Waals surface area contributed by atoms with Gasteiger partial charge < -0.3 is 10.8 Å². The van der Waals surface area contributed by atoms with Gasteiger partial charge in [0.05, 0.1) is 10.9 Å². The topological polar surface area (TPSA) is 107 Å². The number of nitrogens with two attached hydrogens (primary N) is 1. The van der Waals surface area contributed by atoms with Crippen molar-refractivity contribution in [1.29, 1.82) is 0 Å². The average molecular weight is 279 g/mol. The Hall–Kier alpha value is -2.09. The molecule has 0 fully saturated rings. The molecule has 1 unspecified atom stereocenters. The summed E-state index contributed by atoms with van der Waals surface area (Å²) in [6, 6.07) is 6.44. The van der Waals surface area contributed by atoms with Gasteiger partial charge in [0.25, 0.3) is 0 Å². The van der Waals surface area contributed by atoms with Crippen LogP contribution in [0.4, 0.5) is 0 Å². The van der Waals surface area contributed by atoms with Crippen molar-refractivity contribution in [3.63, 3.8) is 0 Å². The summed E-state index contributed by atoms with van der Waals surface area (Å²) in [5, 5.41) is 20.7. The molecule has 1 atom stereocenters. The normalized spacial score (nSPS) is 12.3. The number of benzene rings is 1. The number of aromatic nitrogens is 4. The van der Waals surface area contributed by atoms with Crippen molar-refractivity contribution < 1.29 is 9.90 Å². The van der Waals surface area contributed by atoms with E-state index in [1.807, 2.05) is 6.92 Å². The zero-order valence-corrected chi connectivity index (χ0v) is 11.0. The molecular weight excluding hydrogens is 266 g/mol. The minimum Gasteiger partial charge on any atom is -0.508 e. The number of amides is 1. The number of thioether (sulfide) groups is 1. The van der Waals surface area contributed by atoms with Gasteiger partial charge in [-0.2, -0.15) is 4.68 Å². The van der Waals surface area contributed by atoms with Crippen LogP contribution in [0.2, 0.25) is 0 Å². The molecule has 7 nitrogen and oxygen atoms in total. The highest BCUT2D eigenvalue weighted by Gasteiger charge is 2.19. The first kappa shape index (κ1) is 13.3. The third-order valence-corrected chi connectivity index (χ3v) is 3.79. The van der Waals surface area contributed by atoms with E-state index in [0.717, 1.165) is 0 Å². The Morgan fingerprint density at radius 2 is 2.16 bits per heavy atom. The lowest BCUT2D eigenvalue weighted by Crippen LogP contribution is -2.25. The fourth-order valence-corrected chi connectivity index (χ4v) is 2.34. The molecular formula is C11H13N5O2S. The highest BCUT2D eigenvalue weighted by molar-refractivity contribution is 8.00. The second-order valence-corrected chi connectivity index (χ2v) is 4.98. The van der Waals surface area contributed by atoms with Crippen molar-refractivity contribution in [2.24, 2.45) is 5.73 Å². The van der Waals surface area contributed by atoms with Gasteiger partial charge in [-0.25, -0.2) is 0 Å².